The zero-order chi connectivity index (χ0) is 19.1. The van der Waals surface area contributed by atoms with E-state index in [1.165, 1.54) is 0 Å². The smallest absolute Gasteiger partial charge is 0.267 e. The van der Waals surface area contributed by atoms with E-state index in [2.05, 4.69) is 27.2 Å². The Balaban J connectivity index is 1.49. The molecule has 1 aromatic carbocycles. The van der Waals surface area contributed by atoms with Gasteiger partial charge in [0.05, 0.1) is 24.0 Å². The van der Waals surface area contributed by atoms with Gasteiger partial charge in [-0.05, 0) is 31.1 Å². The first-order valence-corrected chi connectivity index (χ1v) is 11.0. The van der Waals surface area contributed by atoms with E-state index in [-0.39, 0.29) is 11.6 Å². The van der Waals surface area contributed by atoms with E-state index in [1.807, 2.05) is 30.8 Å². The lowest BCUT2D eigenvalue weighted by Gasteiger charge is -2.27. The second-order valence-electron chi connectivity index (χ2n) is 7.58. The van der Waals surface area contributed by atoms with Crippen molar-refractivity contribution in [2.24, 2.45) is 0 Å². The van der Waals surface area contributed by atoms with Gasteiger partial charge in [0.1, 0.15) is 0 Å². The Morgan fingerprint density at radius 1 is 1.21 bits per heavy atom. The van der Waals surface area contributed by atoms with Gasteiger partial charge < -0.3 is 4.90 Å². The van der Waals surface area contributed by atoms with Gasteiger partial charge >= 0.3 is 0 Å². The lowest BCUT2D eigenvalue weighted by Crippen LogP contribution is -2.38. The fourth-order valence-electron chi connectivity index (χ4n) is 4.32. The maximum absolute atomic E-state index is 12.6. The van der Waals surface area contributed by atoms with Crippen molar-refractivity contribution in [3.05, 3.63) is 57.6 Å². The molecule has 0 N–H and O–H groups in total. The minimum atomic E-state index is 0.00736. The van der Waals surface area contributed by atoms with Gasteiger partial charge in [-0.3, -0.25) is 4.79 Å². The zero-order valence-electron chi connectivity index (χ0n) is 16.0. The van der Waals surface area contributed by atoms with Crippen LogP contribution in [0.5, 0.6) is 0 Å². The van der Waals surface area contributed by atoms with Crippen LogP contribution in [0.2, 0.25) is 0 Å². The largest absolute Gasteiger partial charge is 0.350 e. The molecule has 0 bridgehead atoms. The van der Waals surface area contributed by atoms with E-state index in [0.717, 1.165) is 70.9 Å². The first kappa shape index (κ1) is 17.7. The third-order valence-electron chi connectivity index (χ3n) is 5.79. The monoisotopic (exact) mass is 393 g/mol. The number of nitrogens with zero attached hydrogens (tertiary/aromatic N) is 5. The third kappa shape index (κ3) is 3.07. The summed E-state index contributed by atoms with van der Waals surface area (Å²) in [7, 11) is 0. The van der Waals surface area contributed by atoms with E-state index in [9.17, 15) is 4.79 Å². The molecule has 28 heavy (non-hydrogen) atoms. The molecule has 2 aliphatic heterocycles. The van der Waals surface area contributed by atoms with Crippen LogP contribution in [0.25, 0.3) is 10.8 Å². The Kier molecular flexibility index (Phi) is 4.55. The van der Waals surface area contributed by atoms with Gasteiger partial charge in [-0.2, -0.15) is 22.0 Å². The number of thioether (sulfide) groups is 1. The fourth-order valence-corrected chi connectivity index (χ4v) is 5.28. The number of aryl methyl sites for hydroxylation is 2. The average molecular weight is 394 g/mol. The summed E-state index contributed by atoms with van der Waals surface area (Å²) in [6.45, 7) is 3.53. The highest BCUT2D eigenvalue weighted by molar-refractivity contribution is 7.98. The highest BCUT2D eigenvalue weighted by Crippen LogP contribution is 2.31. The summed E-state index contributed by atoms with van der Waals surface area (Å²) >= 11 is 1.87. The van der Waals surface area contributed by atoms with Crippen LogP contribution in [0.15, 0.2) is 35.1 Å². The lowest BCUT2D eigenvalue weighted by molar-refractivity contribution is 0.479. The molecule has 0 radical (unpaired) electrons. The first-order chi connectivity index (χ1) is 13.7. The van der Waals surface area contributed by atoms with Crippen molar-refractivity contribution in [3.8, 4) is 0 Å². The topological polar surface area (TPSA) is 63.9 Å². The second-order valence-corrected chi connectivity index (χ2v) is 8.69. The molecule has 4 heterocycles. The summed E-state index contributed by atoms with van der Waals surface area (Å²) in [6, 6.07) is 10.3. The number of hydrogen-bond acceptors (Lipinski definition) is 6. The van der Waals surface area contributed by atoms with E-state index in [4.69, 9.17) is 5.10 Å². The molecule has 0 aliphatic carbocycles. The van der Waals surface area contributed by atoms with Crippen molar-refractivity contribution in [2.45, 2.75) is 44.5 Å². The van der Waals surface area contributed by atoms with Crippen LogP contribution < -0.4 is 10.5 Å². The van der Waals surface area contributed by atoms with Crippen molar-refractivity contribution in [2.75, 3.05) is 17.2 Å². The molecule has 1 saturated heterocycles. The molecule has 2 aromatic heterocycles. The van der Waals surface area contributed by atoms with E-state index < -0.39 is 0 Å². The standard InChI is InChI=1S/C21H23N5OS/c1-14-17-6-2-3-7-18(17)21(23-22-14)25-9-4-5-16(25)12-26-20(27)11-15-13-28-10-8-19(15)24-26/h2-3,6-7,11,16H,4-5,8-10,12-13H2,1H3. The van der Waals surface area contributed by atoms with Crippen molar-refractivity contribution in [3.63, 3.8) is 0 Å². The average Bonchev–Trinajstić information content (AvgIpc) is 3.17. The number of benzene rings is 1. The minimum absolute atomic E-state index is 0.00736. The van der Waals surface area contributed by atoms with Crippen LogP contribution in [0.4, 0.5) is 5.82 Å². The van der Waals surface area contributed by atoms with Crippen molar-refractivity contribution in [1.29, 1.82) is 0 Å². The molecular formula is C21H23N5OS. The summed E-state index contributed by atoms with van der Waals surface area (Å²) < 4.78 is 1.67. The summed E-state index contributed by atoms with van der Waals surface area (Å²) in [4.78, 5) is 14.9. The van der Waals surface area contributed by atoms with E-state index in [1.54, 1.807) is 10.7 Å². The number of anilines is 1. The Bertz CT molecular complexity index is 1100. The molecule has 3 aromatic rings. The molecule has 1 atom stereocenters. The summed E-state index contributed by atoms with van der Waals surface area (Å²) in [6.07, 6.45) is 3.07. The van der Waals surface area contributed by atoms with Gasteiger partial charge in [-0.1, -0.05) is 24.3 Å². The Morgan fingerprint density at radius 3 is 2.96 bits per heavy atom. The number of aromatic nitrogens is 4. The molecule has 5 rings (SSSR count). The van der Waals surface area contributed by atoms with Gasteiger partial charge in [0, 0.05) is 35.6 Å². The molecule has 2 aliphatic rings. The van der Waals surface area contributed by atoms with Crippen molar-refractivity contribution in [1.82, 2.24) is 20.0 Å². The SMILES string of the molecule is Cc1nnc(N2CCCC2Cn2nc3c(cc2=O)CSCC3)c2ccccc12. The predicted molar refractivity (Wildman–Crippen MR) is 113 cm³/mol. The van der Waals surface area contributed by atoms with Crippen LogP contribution in [0.3, 0.4) is 0 Å². The Hall–Kier alpha value is -2.41. The van der Waals surface area contributed by atoms with Gasteiger partial charge in [0.15, 0.2) is 5.82 Å². The van der Waals surface area contributed by atoms with Gasteiger partial charge in [-0.15, -0.1) is 5.10 Å². The highest BCUT2D eigenvalue weighted by Gasteiger charge is 2.29. The maximum atomic E-state index is 12.6. The van der Waals surface area contributed by atoms with E-state index in [0.29, 0.717) is 6.54 Å². The number of hydrogen-bond donors (Lipinski definition) is 0. The maximum Gasteiger partial charge on any atom is 0.267 e. The molecule has 0 amide bonds. The van der Waals surface area contributed by atoms with Crippen LogP contribution in [0, 0.1) is 6.92 Å². The Morgan fingerprint density at radius 2 is 2.07 bits per heavy atom. The van der Waals surface area contributed by atoms with Gasteiger partial charge in [-0.25, -0.2) is 4.68 Å². The predicted octanol–water partition coefficient (Wildman–Crippen LogP) is 2.95. The summed E-state index contributed by atoms with van der Waals surface area (Å²) in [5.41, 5.74) is 3.15. The molecule has 0 spiro atoms. The summed E-state index contributed by atoms with van der Waals surface area (Å²) in [5, 5.41) is 15.9. The molecule has 6 nitrogen and oxygen atoms in total. The molecule has 1 unspecified atom stereocenters. The molecular weight excluding hydrogens is 370 g/mol. The molecule has 0 saturated carbocycles. The van der Waals surface area contributed by atoms with E-state index >= 15 is 0 Å². The Labute approximate surface area is 168 Å². The van der Waals surface area contributed by atoms with Crippen LogP contribution >= 0.6 is 11.8 Å². The van der Waals surface area contributed by atoms with Gasteiger partial charge in [0.2, 0.25) is 0 Å². The van der Waals surface area contributed by atoms with Crippen molar-refractivity contribution >= 4 is 28.4 Å². The molecule has 144 valence electrons. The minimum Gasteiger partial charge on any atom is -0.350 e. The second kappa shape index (κ2) is 7.20. The number of fused-ring (bicyclic) bond motifs is 2. The summed E-state index contributed by atoms with van der Waals surface area (Å²) in [5.74, 6) is 2.91. The number of rotatable bonds is 3. The quantitative estimate of drug-likeness (QED) is 0.682. The highest BCUT2D eigenvalue weighted by atomic mass is 32.2. The van der Waals surface area contributed by atoms with Crippen LogP contribution in [0.1, 0.15) is 29.8 Å². The molecule has 7 heteroatoms. The van der Waals surface area contributed by atoms with Crippen molar-refractivity contribution < 1.29 is 0 Å². The third-order valence-corrected chi connectivity index (χ3v) is 6.80. The van der Waals surface area contributed by atoms with Crippen LogP contribution in [-0.4, -0.2) is 38.3 Å². The zero-order valence-corrected chi connectivity index (χ0v) is 16.8. The fraction of sp³-hybridized carbons (Fsp3) is 0.429. The lowest BCUT2D eigenvalue weighted by atomic mass is 10.1. The normalized spacial score (nSPS) is 19.2. The molecule has 1 fully saturated rings. The van der Waals surface area contributed by atoms with Crippen LogP contribution in [-0.2, 0) is 18.7 Å². The van der Waals surface area contributed by atoms with Gasteiger partial charge in [0.25, 0.3) is 5.56 Å². The first-order valence-electron chi connectivity index (χ1n) is 9.87.